The molecule has 0 spiro atoms. The Labute approximate surface area is 172 Å². The highest BCUT2D eigenvalue weighted by Gasteiger charge is 2.23. The minimum atomic E-state index is -0.904. The molecule has 0 saturated heterocycles. The van der Waals surface area contributed by atoms with Gasteiger partial charge in [0.15, 0.2) is 0 Å². The van der Waals surface area contributed by atoms with E-state index in [1.54, 1.807) is 38.1 Å². The molecule has 0 aliphatic carbocycles. The van der Waals surface area contributed by atoms with E-state index in [0.29, 0.717) is 17.2 Å². The molecule has 1 aromatic carbocycles. The van der Waals surface area contributed by atoms with Gasteiger partial charge in [0.2, 0.25) is 0 Å². The van der Waals surface area contributed by atoms with E-state index in [-0.39, 0.29) is 23.9 Å². The number of aryl methyl sites for hydroxylation is 1. The summed E-state index contributed by atoms with van der Waals surface area (Å²) in [6.07, 6.45) is 0. The molecular formula is C20H20N6O4. The van der Waals surface area contributed by atoms with E-state index >= 15 is 0 Å². The molecule has 0 saturated carbocycles. The molecule has 3 amide bonds. The number of hydrogen-bond donors (Lipinski definition) is 2. The lowest BCUT2D eigenvalue weighted by atomic mass is 10.2. The van der Waals surface area contributed by atoms with Crippen LogP contribution in [-0.4, -0.2) is 46.3 Å². The number of anilines is 1. The normalized spacial score (nSPS) is 13.4. The molecule has 0 unspecified atom stereocenters. The molecule has 0 fully saturated rings. The zero-order valence-corrected chi connectivity index (χ0v) is 16.7. The molecule has 2 N–H and O–H groups in total. The lowest BCUT2D eigenvalue weighted by molar-refractivity contribution is -0.136. The number of aromatic nitrogens is 2. The SMILES string of the molecule is C=C1C(=O)N=C(n2nc(C)cc2NC(=O)C(=O)NCc2ccccc2OC)N=C1C. The van der Waals surface area contributed by atoms with E-state index in [9.17, 15) is 14.4 Å². The third-order valence-electron chi connectivity index (χ3n) is 4.26. The van der Waals surface area contributed by atoms with Crippen LogP contribution in [-0.2, 0) is 20.9 Å². The van der Waals surface area contributed by atoms with Gasteiger partial charge in [-0.15, -0.1) is 0 Å². The molecule has 0 radical (unpaired) electrons. The predicted molar refractivity (Wildman–Crippen MR) is 111 cm³/mol. The smallest absolute Gasteiger partial charge is 0.314 e. The van der Waals surface area contributed by atoms with Gasteiger partial charge in [-0.25, -0.2) is 4.99 Å². The maximum absolute atomic E-state index is 12.4. The average Bonchev–Trinajstić information content (AvgIpc) is 3.09. The summed E-state index contributed by atoms with van der Waals surface area (Å²) in [5.74, 6) is -1.57. The quantitative estimate of drug-likeness (QED) is 0.581. The van der Waals surface area contributed by atoms with Crippen LogP contribution in [0.25, 0.3) is 0 Å². The average molecular weight is 408 g/mol. The number of carbonyl (C=O) groups is 3. The molecule has 1 aliphatic heterocycles. The van der Waals surface area contributed by atoms with Gasteiger partial charge in [0.05, 0.1) is 24.1 Å². The fraction of sp³-hybridized carbons (Fsp3) is 0.200. The van der Waals surface area contributed by atoms with Crippen molar-refractivity contribution in [1.29, 1.82) is 0 Å². The van der Waals surface area contributed by atoms with Crippen molar-refractivity contribution in [2.75, 3.05) is 12.4 Å². The lowest BCUT2D eigenvalue weighted by Crippen LogP contribution is -2.36. The van der Waals surface area contributed by atoms with Crippen molar-refractivity contribution in [3.63, 3.8) is 0 Å². The van der Waals surface area contributed by atoms with Gasteiger partial charge in [0, 0.05) is 18.2 Å². The lowest BCUT2D eigenvalue weighted by Gasteiger charge is -2.13. The van der Waals surface area contributed by atoms with Crippen LogP contribution >= 0.6 is 0 Å². The number of aliphatic imine (C=N–C) groups is 2. The molecule has 30 heavy (non-hydrogen) atoms. The molecule has 154 valence electrons. The maximum atomic E-state index is 12.4. The summed E-state index contributed by atoms with van der Waals surface area (Å²) in [5.41, 5.74) is 1.84. The Kier molecular flexibility index (Phi) is 5.86. The van der Waals surface area contributed by atoms with Gasteiger partial charge in [-0.2, -0.15) is 14.8 Å². The fourth-order valence-electron chi connectivity index (χ4n) is 2.67. The Hall–Kier alpha value is -4.08. The van der Waals surface area contributed by atoms with Crippen LogP contribution in [0.1, 0.15) is 18.2 Å². The number of carbonyl (C=O) groups excluding carboxylic acids is 3. The topological polar surface area (TPSA) is 127 Å². The van der Waals surface area contributed by atoms with Gasteiger partial charge >= 0.3 is 11.8 Å². The number of para-hydroxylation sites is 1. The van der Waals surface area contributed by atoms with Crippen LogP contribution in [0, 0.1) is 6.92 Å². The van der Waals surface area contributed by atoms with E-state index in [0.717, 1.165) is 5.56 Å². The highest BCUT2D eigenvalue weighted by Crippen LogP contribution is 2.17. The Bertz CT molecular complexity index is 1110. The van der Waals surface area contributed by atoms with Crippen LogP contribution in [0.2, 0.25) is 0 Å². The molecular weight excluding hydrogens is 388 g/mol. The van der Waals surface area contributed by atoms with Crippen LogP contribution in [0.4, 0.5) is 5.82 Å². The first-order valence-corrected chi connectivity index (χ1v) is 8.96. The molecule has 1 aliphatic rings. The molecule has 1 aromatic heterocycles. The number of ether oxygens (including phenoxy) is 1. The van der Waals surface area contributed by atoms with Crippen molar-refractivity contribution in [1.82, 2.24) is 15.1 Å². The standard InChI is InChI=1S/C20H20N6O4/c1-11-9-16(26(25-11)20-22-13(3)12(2)17(27)24-20)23-19(29)18(28)21-10-14-7-5-6-8-15(14)30-4/h5-9H,2,10H2,1,3-4H3,(H,21,28)(H,23,29). The maximum Gasteiger partial charge on any atom is 0.314 e. The number of rotatable bonds is 4. The zero-order valence-electron chi connectivity index (χ0n) is 16.7. The van der Waals surface area contributed by atoms with Crippen molar-refractivity contribution in [2.45, 2.75) is 20.4 Å². The van der Waals surface area contributed by atoms with Gasteiger partial charge in [0.25, 0.3) is 11.9 Å². The van der Waals surface area contributed by atoms with Crippen LogP contribution < -0.4 is 15.4 Å². The van der Waals surface area contributed by atoms with Gasteiger partial charge in [0.1, 0.15) is 11.6 Å². The van der Waals surface area contributed by atoms with Gasteiger partial charge < -0.3 is 15.4 Å². The number of hydrogen-bond acceptors (Lipinski definition) is 6. The Morgan fingerprint density at radius 3 is 2.60 bits per heavy atom. The Morgan fingerprint density at radius 2 is 1.90 bits per heavy atom. The third kappa shape index (κ3) is 4.32. The van der Waals surface area contributed by atoms with E-state index in [1.807, 2.05) is 0 Å². The minimum Gasteiger partial charge on any atom is -0.496 e. The van der Waals surface area contributed by atoms with Gasteiger partial charge in [-0.05, 0) is 19.9 Å². The molecule has 0 bridgehead atoms. The van der Waals surface area contributed by atoms with Gasteiger partial charge in [-0.1, -0.05) is 24.8 Å². The summed E-state index contributed by atoms with van der Waals surface area (Å²) >= 11 is 0. The summed E-state index contributed by atoms with van der Waals surface area (Å²) in [7, 11) is 1.52. The van der Waals surface area contributed by atoms with Crippen LogP contribution in [0.5, 0.6) is 5.75 Å². The first-order valence-electron chi connectivity index (χ1n) is 8.96. The van der Waals surface area contributed by atoms with E-state index in [2.05, 4.69) is 32.3 Å². The highest BCUT2D eigenvalue weighted by molar-refractivity contribution is 6.39. The molecule has 10 nitrogen and oxygen atoms in total. The van der Waals surface area contributed by atoms with Crippen LogP contribution in [0.3, 0.4) is 0 Å². The van der Waals surface area contributed by atoms with Crippen molar-refractivity contribution in [3.8, 4) is 5.75 Å². The number of nitrogens with zero attached hydrogens (tertiary/aromatic N) is 4. The van der Waals surface area contributed by atoms with E-state index < -0.39 is 17.7 Å². The number of amides is 3. The van der Waals surface area contributed by atoms with Gasteiger partial charge in [-0.3, -0.25) is 14.4 Å². The number of nitrogens with one attached hydrogen (secondary N) is 2. The molecule has 3 rings (SSSR count). The second kappa shape index (κ2) is 8.52. The molecule has 10 heteroatoms. The van der Waals surface area contributed by atoms with Crippen molar-refractivity contribution >= 4 is 35.2 Å². The molecule has 2 heterocycles. The fourth-order valence-corrected chi connectivity index (χ4v) is 2.67. The van der Waals surface area contributed by atoms with Crippen molar-refractivity contribution in [3.05, 3.63) is 53.7 Å². The number of methoxy groups -OCH3 is 1. The summed E-state index contributed by atoms with van der Waals surface area (Å²) < 4.78 is 6.41. The Morgan fingerprint density at radius 1 is 1.17 bits per heavy atom. The summed E-state index contributed by atoms with van der Waals surface area (Å²) in [6.45, 7) is 7.03. The van der Waals surface area contributed by atoms with Crippen molar-refractivity contribution in [2.24, 2.45) is 9.98 Å². The monoisotopic (exact) mass is 408 g/mol. The highest BCUT2D eigenvalue weighted by atomic mass is 16.5. The molecule has 2 aromatic rings. The second-order valence-electron chi connectivity index (χ2n) is 6.42. The Balaban J connectivity index is 1.73. The summed E-state index contributed by atoms with van der Waals surface area (Å²) in [6, 6.07) is 8.67. The predicted octanol–water partition coefficient (Wildman–Crippen LogP) is 1.22. The van der Waals surface area contributed by atoms with E-state index in [4.69, 9.17) is 4.74 Å². The third-order valence-corrected chi connectivity index (χ3v) is 4.26. The first-order chi connectivity index (χ1) is 14.3. The summed E-state index contributed by atoms with van der Waals surface area (Å²) in [4.78, 5) is 44.6. The largest absolute Gasteiger partial charge is 0.496 e. The summed E-state index contributed by atoms with van der Waals surface area (Å²) in [5, 5.41) is 9.19. The van der Waals surface area contributed by atoms with Crippen LogP contribution in [0.15, 0.2) is 52.5 Å². The van der Waals surface area contributed by atoms with Crippen molar-refractivity contribution < 1.29 is 19.1 Å². The zero-order chi connectivity index (χ0) is 21.8. The first kappa shape index (κ1) is 20.6. The molecule has 0 atom stereocenters. The minimum absolute atomic E-state index is 0.0252. The second-order valence-corrected chi connectivity index (χ2v) is 6.42. The number of benzene rings is 1. The van der Waals surface area contributed by atoms with E-state index in [1.165, 1.54) is 17.9 Å².